The molecule has 0 radical (unpaired) electrons. The van der Waals surface area contributed by atoms with Crippen molar-refractivity contribution in [3.05, 3.63) is 45.9 Å². The van der Waals surface area contributed by atoms with Crippen LogP contribution in [0.5, 0.6) is 0 Å². The molecule has 0 saturated heterocycles. The number of hydrogen-bond donors (Lipinski definition) is 2. The average Bonchev–Trinajstić information content (AvgIpc) is 2.84. The first-order valence-electron chi connectivity index (χ1n) is 5.40. The highest BCUT2D eigenvalue weighted by molar-refractivity contribution is 7.92. The molecule has 0 aliphatic heterocycles. The van der Waals surface area contributed by atoms with Gasteiger partial charge < -0.3 is 5.11 Å². The molecule has 2 N–H and O–H groups in total. The number of halogens is 1. The summed E-state index contributed by atoms with van der Waals surface area (Å²) < 4.78 is 39.6. The Labute approximate surface area is 118 Å². The number of nitrogens with one attached hydrogen (secondary N) is 1. The molecule has 0 spiro atoms. The predicted molar refractivity (Wildman–Crippen MR) is 73.2 cm³/mol. The van der Waals surface area contributed by atoms with Gasteiger partial charge in [0.1, 0.15) is 10.7 Å². The van der Waals surface area contributed by atoms with Crippen LogP contribution >= 0.6 is 11.3 Å². The smallest absolute Gasteiger partial charge is 0.345 e. The normalized spacial score (nSPS) is 11.3. The van der Waals surface area contributed by atoms with E-state index in [9.17, 15) is 17.6 Å². The second kappa shape index (κ2) is 5.22. The van der Waals surface area contributed by atoms with E-state index in [0.29, 0.717) is 5.56 Å². The molecule has 1 heterocycles. The van der Waals surface area contributed by atoms with E-state index < -0.39 is 21.8 Å². The maximum absolute atomic E-state index is 13.4. The van der Waals surface area contributed by atoms with E-state index in [1.807, 2.05) is 0 Å². The number of aryl methyl sites for hydroxylation is 1. The number of thiophene rings is 1. The molecule has 0 atom stereocenters. The van der Waals surface area contributed by atoms with E-state index in [-0.39, 0.29) is 15.5 Å². The number of anilines is 1. The predicted octanol–water partition coefficient (Wildman–Crippen LogP) is 2.69. The summed E-state index contributed by atoms with van der Waals surface area (Å²) in [6.45, 7) is 1.56. The van der Waals surface area contributed by atoms with Gasteiger partial charge in [-0.05, 0) is 30.7 Å². The van der Waals surface area contributed by atoms with Gasteiger partial charge in [0.2, 0.25) is 0 Å². The summed E-state index contributed by atoms with van der Waals surface area (Å²) in [7, 11) is -3.93. The van der Waals surface area contributed by atoms with Crippen molar-refractivity contribution in [3.63, 3.8) is 0 Å². The first-order chi connectivity index (χ1) is 9.29. The van der Waals surface area contributed by atoms with Crippen LogP contribution in [0.3, 0.4) is 0 Å². The standard InChI is InChI=1S/C12H10FNO4S2/c1-7-2-3-8(4-10(7)13)14-20(17,18)9-5-11(12(15)16)19-6-9/h2-6,14H,1H3,(H,15,16). The van der Waals surface area contributed by atoms with Gasteiger partial charge in [-0.1, -0.05) is 6.07 Å². The summed E-state index contributed by atoms with van der Waals surface area (Å²) in [6.07, 6.45) is 0. The number of carboxylic acids is 1. The largest absolute Gasteiger partial charge is 0.477 e. The van der Waals surface area contributed by atoms with Gasteiger partial charge in [0.25, 0.3) is 10.0 Å². The van der Waals surface area contributed by atoms with Crippen LogP contribution in [0, 0.1) is 12.7 Å². The fourth-order valence-corrected chi connectivity index (χ4v) is 3.60. The lowest BCUT2D eigenvalue weighted by Gasteiger charge is -2.07. The van der Waals surface area contributed by atoms with Gasteiger partial charge in [0.05, 0.1) is 10.6 Å². The third-order valence-corrected chi connectivity index (χ3v) is 4.95. The van der Waals surface area contributed by atoms with Crippen LogP contribution in [0.1, 0.15) is 15.2 Å². The molecule has 2 rings (SSSR count). The van der Waals surface area contributed by atoms with Crippen molar-refractivity contribution in [1.82, 2.24) is 0 Å². The molecule has 0 unspecified atom stereocenters. The molecule has 0 amide bonds. The second-order valence-corrected chi connectivity index (χ2v) is 6.61. The molecular formula is C12H10FNO4S2. The molecule has 20 heavy (non-hydrogen) atoms. The Morgan fingerprint density at radius 2 is 2.05 bits per heavy atom. The van der Waals surface area contributed by atoms with E-state index in [2.05, 4.69) is 4.72 Å². The number of aromatic carboxylic acids is 1. The average molecular weight is 315 g/mol. The molecular weight excluding hydrogens is 305 g/mol. The Bertz CT molecular complexity index is 768. The molecule has 106 valence electrons. The van der Waals surface area contributed by atoms with Crippen LogP contribution in [-0.4, -0.2) is 19.5 Å². The zero-order chi connectivity index (χ0) is 14.9. The molecule has 0 aliphatic carbocycles. The Morgan fingerprint density at radius 1 is 1.35 bits per heavy atom. The molecule has 1 aromatic carbocycles. The summed E-state index contributed by atoms with van der Waals surface area (Å²) >= 11 is 0.808. The zero-order valence-electron chi connectivity index (χ0n) is 10.3. The Kier molecular flexibility index (Phi) is 3.78. The van der Waals surface area contributed by atoms with E-state index in [1.165, 1.54) is 17.5 Å². The first kappa shape index (κ1) is 14.5. The molecule has 0 fully saturated rings. The molecule has 8 heteroatoms. The van der Waals surface area contributed by atoms with Crippen LogP contribution < -0.4 is 4.72 Å². The minimum atomic E-state index is -3.93. The van der Waals surface area contributed by atoms with E-state index >= 15 is 0 Å². The monoisotopic (exact) mass is 315 g/mol. The summed E-state index contributed by atoms with van der Waals surface area (Å²) in [5.74, 6) is -1.72. The molecule has 0 aliphatic rings. The SMILES string of the molecule is Cc1ccc(NS(=O)(=O)c2csc(C(=O)O)c2)cc1F. The molecule has 0 saturated carbocycles. The number of sulfonamides is 1. The topological polar surface area (TPSA) is 83.5 Å². The summed E-state index contributed by atoms with van der Waals surface area (Å²) in [6, 6.07) is 5.00. The van der Waals surface area contributed by atoms with E-state index in [4.69, 9.17) is 5.11 Å². The van der Waals surface area contributed by atoms with Gasteiger partial charge in [0.15, 0.2) is 0 Å². The van der Waals surface area contributed by atoms with Crippen molar-refractivity contribution in [2.75, 3.05) is 4.72 Å². The highest BCUT2D eigenvalue weighted by Gasteiger charge is 2.19. The lowest BCUT2D eigenvalue weighted by Crippen LogP contribution is -2.12. The maximum atomic E-state index is 13.4. The Hall–Kier alpha value is -1.93. The van der Waals surface area contributed by atoms with Crippen LogP contribution in [0.2, 0.25) is 0 Å². The van der Waals surface area contributed by atoms with Gasteiger partial charge >= 0.3 is 5.97 Å². The van der Waals surface area contributed by atoms with Gasteiger partial charge in [0, 0.05) is 5.38 Å². The molecule has 1 aromatic heterocycles. The second-order valence-electron chi connectivity index (χ2n) is 4.02. The van der Waals surface area contributed by atoms with Gasteiger partial charge in [-0.2, -0.15) is 0 Å². The maximum Gasteiger partial charge on any atom is 0.345 e. The van der Waals surface area contributed by atoms with Crippen molar-refractivity contribution in [2.45, 2.75) is 11.8 Å². The highest BCUT2D eigenvalue weighted by atomic mass is 32.2. The van der Waals surface area contributed by atoms with Gasteiger partial charge in [-0.25, -0.2) is 17.6 Å². The summed E-state index contributed by atoms with van der Waals surface area (Å²) in [5.41, 5.74) is 0.479. The van der Waals surface area contributed by atoms with Gasteiger partial charge in [-0.3, -0.25) is 4.72 Å². The van der Waals surface area contributed by atoms with Crippen molar-refractivity contribution in [1.29, 1.82) is 0 Å². The molecule has 0 bridgehead atoms. The zero-order valence-corrected chi connectivity index (χ0v) is 11.9. The highest BCUT2D eigenvalue weighted by Crippen LogP contribution is 2.23. The first-order valence-corrected chi connectivity index (χ1v) is 7.76. The fourth-order valence-electron chi connectivity index (χ4n) is 1.44. The molecule has 2 aromatic rings. The summed E-state index contributed by atoms with van der Waals surface area (Å²) in [5, 5.41) is 9.98. The van der Waals surface area contributed by atoms with Crippen molar-refractivity contribution >= 4 is 33.0 Å². The lowest BCUT2D eigenvalue weighted by atomic mass is 10.2. The quantitative estimate of drug-likeness (QED) is 0.908. The number of hydrogen-bond acceptors (Lipinski definition) is 4. The Balaban J connectivity index is 2.30. The van der Waals surface area contributed by atoms with Crippen LogP contribution in [-0.2, 0) is 10.0 Å². The van der Waals surface area contributed by atoms with Crippen molar-refractivity contribution in [2.24, 2.45) is 0 Å². The van der Waals surface area contributed by atoms with Crippen molar-refractivity contribution in [3.8, 4) is 0 Å². The molecule has 5 nitrogen and oxygen atoms in total. The summed E-state index contributed by atoms with van der Waals surface area (Å²) in [4.78, 5) is 10.5. The fraction of sp³-hybridized carbons (Fsp3) is 0.0833. The number of benzene rings is 1. The van der Waals surface area contributed by atoms with Crippen LogP contribution in [0.15, 0.2) is 34.5 Å². The minimum absolute atomic E-state index is 0.0798. The van der Waals surface area contributed by atoms with E-state index in [1.54, 1.807) is 6.92 Å². The van der Waals surface area contributed by atoms with E-state index in [0.717, 1.165) is 23.5 Å². The van der Waals surface area contributed by atoms with Gasteiger partial charge in [-0.15, -0.1) is 11.3 Å². The Morgan fingerprint density at radius 3 is 2.60 bits per heavy atom. The third-order valence-electron chi connectivity index (χ3n) is 2.52. The number of carbonyl (C=O) groups is 1. The third kappa shape index (κ3) is 2.97. The van der Waals surface area contributed by atoms with Crippen LogP contribution in [0.25, 0.3) is 0 Å². The van der Waals surface area contributed by atoms with Crippen LogP contribution in [0.4, 0.5) is 10.1 Å². The number of carboxylic acid groups (broad SMARTS) is 1. The lowest BCUT2D eigenvalue weighted by molar-refractivity contribution is 0.0702. The van der Waals surface area contributed by atoms with Crippen molar-refractivity contribution < 1.29 is 22.7 Å². The number of rotatable bonds is 4. The minimum Gasteiger partial charge on any atom is -0.477 e.